The normalized spacial score (nSPS) is 30.4. The van der Waals surface area contributed by atoms with Gasteiger partial charge in [-0.25, -0.2) is 0 Å². The van der Waals surface area contributed by atoms with Crippen LogP contribution in [0.15, 0.2) is 24.3 Å². The van der Waals surface area contributed by atoms with Crippen LogP contribution in [0.3, 0.4) is 0 Å². The predicted molar refractivity (Wildman–Crippen MR) is 83.1 cm³/mol. The fraction of sp³-hybridized carbons (Fsp3) is 0.667. The second kappa shape index (κ2) is 5.50. The predicted octanol–water partition coefficient (Wildman–Crippen LogP) is 2.93. The van der Waals surface area contributed by atoms with Crippen LogP contribution in [0.5, 0.6) is 0 Å². The summed E-state index contributed by atoms with van der Waals surface area (Å²) in [4.78, 5) is 2.70. The molecule has 2 unspecified atom stereocenters. The summed E-state index contributed by atoms with van der Waals surface area (Å²) in [6.45, 7) is 3.79. The third-order valence-electron chi connectivity index (χ3n) is 5.43. The van der Waals surface area contributed by atoms with Crippen molar-refractivity contribution in [3.63, 3.8) is 0 Å². The molecule has 0 bridgehead atoms. The molecular formula is C18H26N2. The zero-order valence-electron chi connectivity index (χ0n) is 12.4. The summed E-state index contributed by atoms with van der Waals surface area (Å²) in [7, 11) is 0. The molecule has 0 amide bonds. The van der Waals surface area contributed by atoms with Crippen LogP contribution in [0.1, 0.15) is 49.1 Å². The number of likely N-dealkylation sites (tertiary alicyclic amines) is 1. The molecule has 2 aliphatic carbocycles. The highest BCUT2D eigenvalue weighted by Crippen LogP contribution is 2.32. The van der Waals surface area contributed by atoms with Gasteiger partial charge in [-0.1, -0.05) is 24.3 Å². The summed E-state index contributed by atoms with van der Waals surface area (Å²) in [5.74, 6) is 0.745. The van der Waals surface area contributed by atoms with E-state index in [1.165, 1.54) is 58.2 Å². The molecule has 1 heterocycles. The lowest BCUT2D eigenvalue weighted by atomic mass is 9.83. The van der Waals surface area contributed by atoms with Crippen molar-refractivity contribution in [3.05, 3.63) is 35.4 Å². The molecule has 2 fully saturated rings. The Balaban J connectivity index is 1.34. The Labute approximate surface area is 122 Å². The van der Waals surface area contributed by atoms with Gasteiger partial charge in [0.1, 0.15) is 0 Å². The smallest absolute Gasteiger partial charge is 0.0207 e. The number of nitrogens with one attached hydrogen (secondary N) is 1. The highest BCUT2D eigenvalue weighted by atomic mass is 15.2. The molecule has 3 aliphatic rings. The highest BCUT2D eigenvalue weighted by Gasteiger charge is 2.34. The second-order valence-corrected chi connectivity index (χ2v) is 6.91. The van der Waals surface area contributed by atoms with Crippen LogP contribution in [0.4, 0.5) is 0 Å². The Morgan fingerprint density at radius 2 is 2.00 bits per heavy atom. The average molecular weight is 270 g/mol. The number of nitrogens with zero attached hydrogens (tertiary/aromatic N) is 1. The van der Waals surface area contributed by atoms with E-state index < -0.39 is 0 Å². The van der Waals surface area contributed by atoms with E-state index in [1.54, 1.807) is 11.1 Å². The molecule has 1 saturated carbocycles. The van der Waals surface area contributed by atoms with Crippen LogP contribution in [-0.2, 0) is 6.42 Å². The van der Waals surface area contributed by atoms with Gasteiger partial charge in [0.2, 0.25) is 0 Å². The summed E-state index contributed by atoms with van der Waals surface area (Å²) in [6, 6.07) is 10.8. The molecule has 0 radical (unpaired) electrons. The summed E-state index contributed by atoms with van der Waals surface area (Å²) in [5.41, 5.74) is 3.21. The minimum Gasteiger partial charge on any atom is -0.312 e. The van der Waals surface area contributed by atoms with Gasteiger partial charge in [0, 0.05) is 31.7 Å². The monoisotopic (exact) mass is 270 g/mol. The minimum atomic E-state index is 0.740. The molecule has 0 spiro atoms. The summed E-state index contributed by atoms with van der Waals surface area (Å²) >= 11 is 0. The molecule has 4 rings (SSSR count). The van der Waals surface area contributed by atoms with E-state index in [4.69, 9.17) is 0 Å². The first-order chi connectivity index (χ1) is 9.90. The fourth-order valence-corrected chi connectivity index (χ4v) is 4.10. The van der Waals surface area contributed by atoms with E-state index in [1.807, 2.05) is 0 Å². The molecule has 2 heteroatoms. The van der Waals surface area contributed by atoms with Crippen LogP contribution in [0, 0.1) is 0 Å². The van der Waals surface area contributed by atoms with Gasteiger partial charge >= 0.3 is 0 Å². The van der Waals surface area contributed by atoms with Gasteiger partial charge in [-0.3, -0.25) is 4.90 Å². The minimum absolute atomic E-state index is 0.740. The van der Waals surface area contributed by atoms with Crippen LogP contribution in [0.25, 0.3) is 0 Å². The van der Waals surface area contributed by atoms with Gasteiger partial charge in [0.15, 0.2) is 0 Å². The highest BCUT2D eigenvalue weighted by molar-refractivity contribution is 5.32. The maximum Gasteiger partial charge on any atom is 0.0207 e. The zero-order chi connectivity index (χ0) is 13.4. The molecule has 1 saturated heterocycles. The number of rotatable bonds is 4. The van der Waals surface area contributed by atoms with Crippen molar-refractivity contribution in [1.29, 1.82) is 0 Å². The molecule has 1 aliphatic heterocycles. The lowest BCUT2D eigenvalue weighted by Gasteiger charge is -2.27. The molecule has 1 N–H and O–H groups in total. The van der Waals surface area contributed by atoms with Crippen molar-refractivity contribution >= 4 is 0 Å². The van der Waals surface area contributed by atoms with Crippen LogP contribution >= 0.6 is 0 Å². The Morgan fingerprint density at radius 1 is 1.10 bits per heavy atom. The SMILES string of the molecule is c1ccc2c(c1)CCCC2CNC1CCN(C2CC2)C1. The molecular weight excluding hydrogens is 244 g/mol. The van der Waals surface area contributed by atoms with Crippen molar-refractivity contribution < 1.29 is 0 Å². The topological polar surface area (TPSA) is 15.3 Å². The molecule has 1 aromatic carbocycles. The van der Waals surface area contributed by atoms with Crippen molar-refractivity contribution in [2.75, 3.05) is 19.6 Å². The average Bonchev–Trinajstić information content (AvgIpc) is 3.24. The largest absolute Gasteiger partial charge is 0.312 e. The number of hydrogen-bond acceptors (Lipinski definition) is 2. The molecule has 20 heavy (non-hydrogen) atoms. The molecule has 0 aromatic heterocycles. The zero-order valence-corrected chi connectivity index (χ0v) is 12.4. The number of benzene rings is 1. The van der Waals surface area contributed by atoms with Gasteiger partial charge in [0.05, 0.1) is 0 Å². The van der Waals surface area contributed by atoms with Crippen LogP contribution in [0.2, 0.25) is 0 Å². The van der Waals surface area contributed by atoms with Gasteiger partial charge in [0.25, 0.3) is 0 Å². The Bertz CT molecular complexity index is 466. The van der Waals surface area contributed by atoms with E-state index in [0.29, 0.717) is 0 Å². The number of hydrogen-bond donors (Lipinski definition) is 1. The third-order valence-corrected chi connectivity index (χ3v) is 5.43. The molecule has 108 valence electrons. The fourth-order valence-electron chi connectivity index (χ4n) is 4.10. The summed E-state index contributed by atoms with van der Waals surface area (Å²) < 4.78 is 0. The third kappa shape index (κ3) is 2.64. The first-order valence-corrected chi connectivity index (χ1v) is 8.45. The lowest BCUT2D eigenvalue weighted by Crippen LogP contribution is -2.36. The quantitative estimate of drug-likeness (QED) is 0.905. The van der Waals surface area contributed by atoms with Crippen molar-refractivity contribution in [2.45, 2.75) is 56.5 Å². The maximum absolute atomic E-state index is 3.86. The molecule has 2 nitrogen and oxygen atoms in total. The summed E-state index contributed by atoms with van der Waals surface area (Å²) in [6.07, 6.45) is 8.26. The van der Waals surface area contributed by atoms with E-state index in [9.17, 15) is 0 Å². The van der Waals surface area contributed by atoms with E-state index in [-0.39, 0.29) is 0 Å². The van der Waals surface area contributed by atoms with E-state index in [2.05, 4.69) is 34.5 Å². The summed E-state index contributed by atoms with van der Waals surface area (Å²) in [5, 5.41) is 3.86. The van der Waals surface area contributed by atoms with Gasteiger partial charge in [-0.15, -0.1) is 0 Å². The Kier molecular flexibility index (Phi) is 3.53. The maximum atomic E-state index is 3.86. The first-order valence-electron chi connectivity index (χ1n) is 8.45. The van der Waals surface area contributed by atoms with Gasteiger partial charge in [-0.05, 0) is 55.6 Å². The van der Waals surface area contributed by atoms with Gasteiger partial charge < -0.3 is 5.32 Å². The second-order valence-electron chi connectivity index (χ2n) is 6.91. The van der Waals surface area contributed by atoms with Gasteiger partial charge in [-0.2, -0.15) is 0 Å². The Morgan fingerprint density at radius 3 is 2.90 bits per heavy atom. The van der Waals surface area contributed by atoms with Crippen LogP contribution < -0.4 is 5.32 Å². The standard InChI is InChI=1S/C18H26N2/c1-2-7-18-14(4-1)5-3-6-15(18)12-19-16-10-11-20(13-16)17-8-9-17/h1-2,4,7,15-17,19H,3,5-6,8-13H2. The first kappa shape index (κ1) is 12.8. The molecule has 1 aromatic rings. The van der Waals surface area contributed by atoms with Crippen LogP contribution in [-0.4, -0.2) is 36.6 Å². The van der Waals surface area contributed by atoms with E-state index in [0.717, 1.165) is 18.0 Å². The lowest BCUT2D eigenvalue weighted by molar-refractivity contribution is 0.316. The number of aryl methyl sites for hydroxylation is 1. The Hall–Kier alpha value is -0.860. The van der Waals surface area contributed by atoms with E-state index >= 15 is 0 Å². The van der Waals surface area contributed by atoms with Crippen molar-refractivity contribution in [3.8, 4) is 0 Å². The van der Waals surface area contributed by atoms with Crippen molar-refractivity contribution in [1.82, 2.24) is 10.2 Å². The molecule has 2 atom stereocenters. The number of fused-ring (bicyclic) bond motifs is 1. The van der Waals surface area contributed by atoms with Crippen molar-refractivity contribution in [2.24, 2.45) is 0 Å².